The van der Waals surface area contributed by atoms with E-state index in [1.165, 1.54) is 4.90 Å². The number of benzene rings is 1. The van der Waals surface area contributed by atoms with Crippen LogP contribution in [0.1, 0.15) is 70.8 Å². The summed E-state index contributed by atoms with van der Waals surface area (Å²) in [5, 5.41) is 10.7. The van der Waals surface area contributed by atoms with Crippen molar-refractivity contribution in [3.8, 4) is 0 Å². The lowest BCUT2D eigenvalue weighted by Crippen LogP contribution is -2.54. The summed E-state index contributed by atoms with van der Waals surface area (Å²) in [6.07, 6.45) is 2.94. The minimum atomic E-state index is -0.977. The smallest absolute Gasteiger partial charge is 0.312 e. The molecule has 2 atom stereocenters. The summed E-state index contributed by atoms with van der Waals surface area (Å²) in [6, 6.07) is 4.04. The lowest BCUT2D eigenvalue weighted by atomic mass is 10.0. The molecule has 1 heterocycles. The topological polar surface area (TPSA) is 206 Å². The van der Waals surface area contributed by atoms with Gasteiger partial charge in [0.2, 0.25) is 29.5 Å². The zero-order valence-electron chi connectivity index (χ0n) is 24.7. The highest BCUT2D eigenvalue weighted by Crippen LogP contribution is 2.14. The molecule has 1 fully saturated rings. The van der Waals surface area contributed by atoms with E-state index in [4.69, 9.17) is 10.5 Å². The molecule has 43 heavy (non-hydrogen) atoms. The van der Waals surface area contributed by atoms with Crippen LogP contribution in [0.25, 0.3) is 0 Å². The van der Waals surface area contributed by atoms with Crippen LogP contribution < -0.4 is 27.0 Å². The van der Waals surface area contributed by atoms with Crippen LogP contribution in [0.3, 0.4) is 0 Å². The maximum atomic E-state index is 13.3. The van der Waals surface area contributed by atoms with Crippen LogP contribution in [0.5, 0.6) is 0 Å². The molecule has 0 aromatic heterocycles. The second-order valence-corrected chi connectivity index (χ2v) is 10.6. The number of hydrogen-bond donors (Lipinski definition) is 5. The molecule has 236 valence electrons. The summed E-state index contributed by atoms with van der Waals surface area (Å²) in [7, 11) is 0. The number of ether oxygens (including phenoxy) is 1. The van der Waals surface area contributed by atoms with Crippen LogP contribution in [0, 0.1) is 5.92 Å². The minimum Gasteiger partial charge on any atom is -0.463 e. The molecule has 0 bridgehead atoms. The SMILES string of the molecule is CC(C)C(NC(=O)CCCCCN1C(=O)CCC1=O)C(=O)N[C@@H](CCCNC(N)=O)C(=O)Nc1ccc(COC=O)cc1. The molecule has 1 aliphatic heterocycles. The van der Waals surface area contributed by atoms with Gasteiger partial charge in [-0.1, -0.05) is 32.4 Å². The van der Waals surface area contributed by atoms with Crippen LogP contribution in [0.4, 0.5) is 10.5 Å². The van der Waals surface area contributed by atoms with Crippen molar-refractivity contribution >= 4 is 47.7 Å². The van der Waals surface area contributed by atoms with E-state index in [1.807, 2.05) is 0 Å². The van der Waals surface area contributed by atoms with Gasteiger partial charge < -0.3 is 31.7 Å². The van der Waals surface area contributed by atoms with Gasteiger partial charge in [0.1, 0.15) is 18.7 Å². The van der Waals surface area contributed by atoms with Crippen molar-refractivity contribution in [2.75, 3.05) is 18.4 Å². The molecule has 1 aromatic carbocycles. The van der Waals surface area contributed by atoms with Crippen LogP contribution >= 0.6 is 0 Å². The van der Waals surface area contributed by atoms with Crippen molar-refractivity contribution in [3.63, 3.8) is 0 Å². The summed E-state index contributed by atoms with van der Waals surface area (Å²) < 4.78 is 4.71. The Morgan fingerprint density at radius 3 is 2.23 bits per heavy atom. The fourth-order valence-corrected chi connectivity index (χ4v) is 4.48. The predicted molar refractivity (Wildman–Crippen MR) is 156 cm³/mol. The quantitative estimate of drug-likeness (QED) is 0.0878. The second kappa shape index (κ2) is 18.1. The number of primary amides is 1. The average Bonchev–Trinajstić information content (AvgIpc) is 3.28. The zero-order chi connectivity index (χ0) is 31.8. The second-order valence-electron chi connectivity index (χ2n) is 10.6. The Morgan fingerprint density at radius 1 is 0.953 bits per heavy atom. The van der Waals surface area contributed by atoms with Crippen LogP contribution in [0.2, 0.25) is 0 Å². The number of imide groups is 1. The Bertz CT molecular complexity index is 1120. The maximum absolute atomic E-state index is 13.3. The first kappa shape index (κ1) is 34.7. The van der Waals surface area contributed by atoms with Crippen molar-refractivity contribution in [2.24, 2.45) is 11.7 Å². The van der Waals surface area contributed by atoms with Gasteiger partial charge in [-0.25, -0.2) is 4.79 Å². The molecule has 0 spiro atoms. The van der Waals surface area contributed by atoms with E-state index in [-0.39, 0.29) is 62.5 Å². The first-order chi connectivity index (χ1) is 20.5. The van der Waals surface area contributed by atoms with Gasteiger partial charge in [-0.05, 0) is 49.3 Å². The number of nitrogens with one attached hydrogen (secondary N) is 4. The highest BCUT2D eigenvalue weighted by molar-refractivity contribution is 6.02. The Balaban J connectivity index is 1.93. The Labute approximate surface area is 250 Å². The summed E-state index contributed by atoms with van der Waals surface area (Å²) in [5.74, 6) is -1.95. The number of nitrogens with two attached hydrogens (primary N) is 1. The van der Waals surface area contributed by atoms with Crippen molar-refractivity contribution in [1.82, 2.24) is 20.9 Å². The summed E-state index contributed by atoms with van der Waals surface area (Å²) in [5.41, 5.74) is 6.29. The molecule has 14 heteroatoms. The van der Waals surface area contributed by atoms with Crippen molar-refractivity contribution in [2.45, 2.75) is 83.9 Å². The third-order valence-electron chi connectivity index (χ3n) is 6.85. The molecular formula is C29H42N6O8. The number of amides is 7. The fraction of sp³-hybridized carbons (Fsp3) is 0.552. The van der Waals surface area contributed by atoms with E-state index >= 15 is 0 Å². The number of rotatable bonds is 19. The molecule has 0 radical (unpaired) electrons. The Kier molecular flexibility index (Phi) is 14.6. The van der Waals surface area contributed by atoms with Crippen LogP contribution in [0.15, 0.2) is 24.3 Å². The molecule has 0 aliphatic carbocycles. The number of likely N-dealkylation sites (tertiary alicyclic amines) is 1. The van der Waals surface area contributed by atoms with Crippen molar-refractivity contribution in [3.05, 3.63) is 29.8 Å². The van der Waals surface area contributed by atoms with Gasteiger partial charge >= 0.3 is 6.03 Å². The molecule has 1 saturated heterocycles. The number of unbranched alkanes of at least 4 members (excludes halogenated alkanes) is 2. The lowest BCUT2D eigenvalue weighted by molar-refractivity contribution is -0.138. The van der Waals surface area contributed by atoms with Gasteiger partial charge in [-0.15, -0.1) is 0 Å². The third-order valence-corrected chi connectivity index (χ3v) is 6.85. The minimum absolute atomic E-state index is 0.0895. The molecule has 1 aliphatic rings. The third kappa shape index (κ3) is 12.5. The summed E-state index contributed by atoms with van der Waals surface area (Å²) >= 11 is 0. The average molecular weight is 603 g/mol. The van der Waals surface area contributed by atoms with Crippen molar-refractivity contribution in [1.29, 1.82) is 0 Å². The molecule has 1 unspecified atom stereocenters. The molecule has 14 nitrogen and oxygen atoms in total. The molecule has 7 amide bonds. The molecule has 2 rings (SSSR count). The molecular weight excluding hydrogens is 560 g/mol. The highest BCUT2D eigenvalue weighted by atomic mass is 16.5. The van der Waals surface area contributed by atoms with Gasteiger partial charge in [0.25, 0.3) is 6.47 Å². The normalized spacial score (nSPS) is 14.2. The standard InChI is InChI=1S/C29H42N6O8/c1-19(2)26(34-23(37)8-4-3-5-16-35-24(38)13-14-25(35)39)28(41)33-22(7-6-15-31-29(30)42)27(40)32-21-11-9-20(10-12-21)17-43-18-36/h9-12,18-19,22,26H,3-8,13-17H2,1-2H3,(H,32,40)(H,33,41)(H,34,37)(H3,30,31,42)/t22-,26?/m0/s1. The Hall–Kier alpha value is -4.49. The fourth-order valence-electron chi connectivity index (χ4n) is 4.48. The summed E-state index contributed by atoms with van der Waals surface area (Å²) in [6.45, 7) is 4.52. The number of carbonyl (C=O) groups excluding carboxylic acids is 7. The first-order valence-electron chi connectivity index (χ1n) is 14.4. The van der Waals surface area contributed by atoms with Crippen LogP contribution in [-0.4, -0.2) is 72.1 Å². The van der Waals surface area contributed by atoms with E-state index in [1.54, 1.807) is 38.1 Å². The lowest BCUT2D eigenvalue weighted by Gasteiger charge is -2.25. The number of hydrogen-bond acceptors (Lipinski definition) is 8. The van der Waals surface area contributed by atoms with E-state index in [0.29, 0.717) is 44.4 Å². The van der Waals surface area contributed by atoms with Gasteiger partial charge in [0.15, 0.2) is 0 Å². The summed E-state index contributed by atoms with van der Waals surface area (Å²) in [4.78, 5) is 85.1. The highest BCUT2D eigenvalue weighted by Gasteiger charge is 2.29. The largest absolute Gasteiger partial charge is 0.463 e. The van der Waals surface area contributed by atoms with Gasteiger partial charge in [-0.2, -0.15) is 0 Å². The number of urea groups is 1. The molecule has 1 aromatic rings. The van der Waals surface area contributed by atoms with Crippen LogP contribution in [-0.2, 0) is 40.1 Å². The van der Waals surface area contributed by atoms with E-state index in [0.717, 1.165) is 5.56 Å². The first-order valence-corrected chi connectivity index (χ1v) is 14.4. The molecule has 6 N–H and O–H groups in total. The zero-order valence-corrected chi connectivity index (χ0v) is 24.7. The van der Waals surface area contributed by atoms with Gasteiger partial charge in [0.05, 0.1) is 0 Å². The van der Waals surface area contributed by atoms with Gasteiger partial charge in [0, 0.05) is 38.0 Å². The van der Waals surface area contributed by atoms with Crippen molar-refractivity contribution < 1.29 is 38.3 Å². The van der Waals surface area contributed by atoms with Gasteiger partial charge in [-0.3, -0.25) is 33.7 Å². The Morgan fingerprint density at radius 2 is 1.63 bits per heavy atom. The van der Waals surface area contributed by atoms with E-state index in [2.05, 4.69) is 21.3 Å². The number of anilines is 1. The maximum Gasteiger partial charge on any atom is 0.312 e. The predicted octanol–water partition coefficient (Wildman–Crippen LogP) is 1.08. The number of carbonyl (C=O) groups is 7. The van der Waals surface area contributed by atoms with E-state index in [9.17, 15) is 33.6 Å². The van der Waals surface area contributed by atoms with E-state index < -0.39 is 29.9 Å². The monoisotopic (exact) mass is 602 g/mol. The number of nitrogens with zero attached hydrogens (tertiary/aromatic N) is 1. The molecule has 0 saturated carbocycles.